The summed E-state index contributed by atoms with van der Waals surface area (Å²) in [6, 6.07) is 58.7. The van der Waals surface area contributed by atoms with E-state index in [0.29, 0.717) is 5.56 Å². The van der Waals surface area contributed by atoms with E-state index in [1.165, 1.54) is 42.6 Å². The van der Waals surface area contributed by atoms with Gasteiger partial charge in [-0.05, 0) is 57.1 Å². The van der Waals surface area contributed by atoms with Crippen molar-refractivity contribution in [2.45, 2.75) is 0 Å². The molecule has 0 aliphatic heterocycles. The third-order valence-corrected chi connectivity index (χ3v) is 12.8. The Hall–Kier alpha value is -5.17. The van der Waals surface area contributed by atoms with Crippen molar-refractivity contribution in [3.8, 4) is 11.8 Å². The third kappa shape index (κ3) is 3.62. The van der Waals surface area contributed by atoms with Crippen molar-refractivity contribution in [2.75, 3.05) is 0 Å². The zero-order valence-corrected chi connectivity index (χ0v) is 22.9. The van der Waals surface area contributed by atoms with E-state index >= 15 is 0 Å². The van der Waals surface area contributed by atoms with Gasteiger partial charge in [0.2, 0.25) is 0 Å². The molecule has 6 aromatic carbocycles. The Bertz CT molecular complexity index is 1950. The number of fused-ring (bicyclic) bond motifs is 3. The summed E-state index contributed by atoms with van der Waals surface area (Å²) < 4.78 is 2.39. The fourth-order valence-corrected chi connectivity index (χ4v) is 11.3. The number of aromatic nitrogens is 1. The summed E-state index contributed by atoms with van der Waals surface area (Å²) >= 11 is 0. The minimum Gasteiger partial charge on any atom is -0.309 e. The number of nitriles is 1. The van der Waals surface area contributed by atoms with E-state index < -0.39 is 8.07 Å². The van der Waals surface area contributed by atoms with Crippen molar-refractivity contribution in [3.05, 3.63) is 163 Å². The van der Waals surface area contributed by atoms with Crippen LogP contribution in [0.5, 0.6) is 0 Å². The molecule has 2 nitrogen and oxygen atoms in total. The smallest absolute Gasteiger partial charge is 0.180 e. The lowest BCUT2D eigenvalue weighted by Crippen LogP contribution is -2.74. The molecule has 0 amide bonds. The topological polar surface area (TPSA) is 28.7 Å². The molecule has 0 unspecified atom stereocenters. The molecule has 0 aliphatic rings. The second kappa shape index (κ2) is 9.85. The number of nitrogens with zero attached hydrogens (tertiary/aromatic N) is 2. The predicted molar refractivity (Wildman–Crippen MR) is 169 cm³/mol. The Kier molecular flexibility index (Phi) is 5.89. The fraction of sp³-hybridized carbons (Fsp3) is 0. The van der Waals surface area contributed by atoms with Gasteiger partial charge in [-0.25, -0.2) is 0 Å². The van der Waals surface area contributed by atoms with Crippen molar-refractivity contribution in [3.63, 3.8) is 0 Å². The molecule has 0 radical (unpaired) electrons. The Morgan fingerprint density at radius 2 is 1.00 bits per heavy atom. The first kappa shape index (κ1) is 23.9. The van der Waals surface area contributed by atoms with Crippen LogP contribution < -0.4 is 20.7 Å². The first-order chi connectivity index (χ1) is 19.8. The fourth-order valence-electron chi connectivity index (χ4n) is 6.32. The second-order valence-corrected chi connectivity index (χ2v) is 13.8. The number of benzene rings is 6. The molecule has 0 aliphatic carbocycles. The minimum absolute atomic E-state index is 0.673. The minimum atomic E-state index is -2.83. The molecule has 1 aromatic heterocycles. The molecule has 0 N–H and O–H groups in total. The van der Waals surface area contributed by atoms with Gasteiger partial charge in [-0.1, -0.05) is 121 Å². The van der Waals surface area contributed by atoms with Crippen LogP contribution in [0.1, 0.15) is 5.56 Å². The molecule has 7 rings (SSSR count). The largest absolute Gasteiger partial charge is 0.309 e. The summed E-state index contributed by atoms with van der Waals surface area (Å²) in [5.41, 5.74) is 4.21. The quantitative estimate of drug-likeness (QED) is 0.199. The second-order valence-electron chi connectivity index (χ2n) is 10.1. The SMILES string of the molecule is N#Cc1ccc([Si](c2ccccc2)(c2ccccc2)c2cccc3c2c2ccccc2n3-c2ccccc2)cc1. The standard InChI is InChI=1S/C37H26N2Si/c38-27-28-23-25-32(26-24-28)40(30-15-6-2-7-16-30,31-17-8-3-9-18-31)36-22-12-21-35-37(36)33-19-10-11-20-34(33)39(35)29-13-4-1-5-14-29/h1-26H. The monoisotopic (exact) mass is 526 g/mol. The normalized spacial score (nSPS) is 11.5. The van der Waals surface area contributed by atoms with E-state index in [1.54, 1.807) is 0 Å². The first-order valence-electron chi connectivity index (χ1n) is 13.5. The molecular weight excluding hydrogens is 501 g/mol. The molecule has 1 heterocycles. The lowest BCUT2D eigenvalue weighted by atomic mass is 10.1. The molecule has 0 fully saturated rings. The number of rotatable bonds is 5. The zero-order valence-electron chi connectivity index (χ0n) is 21.9. The van der Waals surface area contributed by atoms with Gasteiger partial charge < -0.3 is 4.57 Å². The van der Waals surface area contributed by atoms with Crippen LogP contribution in [0.4, 0.5) is 0 Å². The number of hydrogen-bond acceptors (Lipinski definition) is 1. The highest BCUT2D eigenvalue weighted by atomic mass is 28.3. The summed E-state index contributed by atoms with van der Waals surface area (Å²) in [4.78, 5) is 0. The van der Waals surface area contributed by atoms with Crippen molar-refractivity contribution in [1.29, 1.82) is 5.26 Å². The Morgan fingerprint density at radius 1 is 0.475 bits per heavy atom. The number of para-hydroxylation sites is 2. The summed E-state index contributed by atoms with van der Waals surface area (Å²) in [7, 11) is -2.83. The highest BCUT2D eigenvalue weighted by Crippen LogP contribution is 2.32. The molecule has 188 valence electrons. The maximum absolute atomic E-state index is 9.61. The van der Waals surface area contributed by atoms with Crippen LogP contribution in [-0.2, 0) is 0 Å². The van der Waals surface area contributed by atoms with E-state index in [2.05, 4.69) is 156 Å². The van der Waals surface area contributed by atoms with Gasteiger partial charge in [0.25, 0.3) is 0 Å². The van der Waals surface area contributed by atoms with Gasteiger partial charge in [-0.2, -0.15) is 5.26 Å². The summed E-state index contributed by atoms with van der Waals surface area (Å²) in [6.07, 6.45) is 0. The van der Waals surface area contributed by atoms with Crippen molar-refractivity contribution in [1.82, 2.24) is 4.57 Å². The lowest BCUT2D eigenvalue weighted by molar-refractivity contribution is 1.18. The summed E-state index contributed by atoms with van der Waals surface area (Å²) in [5.74, 6) is 0. The van der Waals surface area contributed by atoms with Crippen molar-refractivity contribution >= 4 is 50.6 Å². The molecular formula is C37H26N2Si. The molecule has 0 saturated heterocycles. The average Bonchev–Trinajstić information content (AvgIpc) is 3.38. The Labute approximate surface area is 235 Å². The molecule has 0 saturated carbocycles. The Balaban J connectivity index is 1.69. The highest BCUT2D eigenvalue weighted by Gasteiger charge is 2.43. The average molecular weight is 527 g/mol. The molecule has 0 spiro atoms. The van der Waals surface area contributed by atoms with Gasteiger partial charge in [0.1, 0.15) is 0 Å². The molecule has 7 aromatic rings. The van der Waals surface area contributed by atoms with Crippen LogP contribution in [0.15, 0.2) is 158 Å². The van der Waals surface area contributed by atoms with Gasteiger partial charge in [0.15, 0.2) is 8.07 Å². The van der Waals surface area contributed by atoms with Gasteiger partial charge in [-0.3, -0.25) is 0 Å². The van der Waals surface area contributed by atoms with Crippen LogP contribution in [0.3, 0.4) is 0 Å². The van der Waals surface area contributed by atoms with Crippen molar-refractivity contribution < 1.29 is 0 Å². The van der Waals surface area contributed by atoms with Gasteiger partial charge >= 0.3 is 0 Å². The number of hydrogen-bond donors (Lipinski definition) is 0. The third-order valence-electron chi connectivity index (χ3n) is 7.98. The van der Waals surface area contributed by atoms with Crippen LogP contribution in [0.2, 0.25) is 0 Å². The molecule has 0 bridgehead atoms. The zero-order chi connectivity index (χ0) is 26.9. The van der Waals surface area contributed by atoms with Gasteiger partial charge in [0.05, 0.1) is 22.7 Å². The predicted octanol–water partition coefficient (Wildman–Crippen LogP) is 6.03. The van der Waals surface area contributed by atoms with Crippen LogP contribution in [-0.4, -0.2) is 12.6 Å². The van der Waals surface area contributed by atoms with Crippen LogP contribution in [0.25, 0.3) is 27.5 Å². The van der Waals surface area contributed by atoms with Crippen molar-refractivity contribution in [2.24, 2.45) is 0 Å². The highest BCUT2D eigenvalue weighted by molar-refractivity contribution is 7.20. The van der Waals surface area contributed by atoms with Crippen LogP contribution >= 0.6 is 0 Å². The van der Waals surface area contributed by atoms with E-state index in [-0.39, 0.29) is 0 Å². The Morgan fingerprint density at radius 3 is 1.62 bits per heavy atom. The molecule has 40 heavy (non-hydrogen) atoms. The lowest BCUT2D eigenvalue weighted by Gasteiger charge is -2.35. The molecule has 3 heteroatoms. The maximum atomic E-state index is 9.61. The summed E-state index contributed by atoms with van der Waals surface area (Å²) in [6.45, 7) is 0. The van der Waals surface area contributed by atoms with E-state index in [1.807, 2.05) is 12.1 Å². The first-order valence-corrected chi connectivity index (χ1v) is 15.5. The molecule has 0 atom stereocenters. The van der Waals surface area contributed by atoms with E-state index in [9.17, 15) is 5.26 Å². The van der Waals surface area contributed by atoms with E-state index in [4.69, 9.17) is 0 Å². The van der Waals surface area contributed by atoms with Gasteiger partial charge in [-0.15, -0.1) is 0 Å². The van der Waals surface area contributed by atoms with Crippen LogP contribution in [0, 0.1) is 11.3 Å². The van der Waals surface area contributed by atoms with E-state index in [0.717, 1.165) is 5.69 Å². The van der Waals surface area contributed by atoms with Gasteiger partial charge in [0, 0.05) is 16.5 Å². The summed E-state index contributed by atoms with van der Waals surface area (Å²) in [5, 5.41) is 17.4. The maximum Gasteiger partial charge on any atom is 0.180 e.